The van der Waals surface area contributed by atoms with Crippen molar-refractivity contribution in [2.45, 2.75) is 26.9 Å². The van der Waals surface area contributed by atoms with Gasteiger partial charge in [0, 0.05) is 23.4 Å². The second-order valence-corrected chi connectivity index (χ2v) is 7.42. The summed E-state index contributed by atoms with van der Waals surface area (Å²) in [6.45, 7) is 6.29. The minimum absolute atomic E-state index is 0.0344. The second kappa shape index (κ2) is 10.2. The normalized spacial score (nSPS) is 10.3. The van der Waals surface area contributed by atoms with Crippen LogP contribution in [0.4, 0.5) is 5.69 Å². The summed E-state index contributed by atoms with van der Waals surface area (Å²) in [5, 5.41) is 8.45. The largest absolute Gasteiger partial charge is 0.490 e. The van der Waals surface area contributed by atoms with E-state index in [9.17, 15) is 9.59 Å². The summed E-state index contributed by atoms with van der Waals surface area (Å²) in [7, 11) is 0. The van der Waals surface area contributed by atoms with E-state index in [1.54, 1.807) is 42.5 Å². The van der Waals surface area contributed by atoms with Gasteiger partial charge in [-0.1, -0.05) is 0 Å². The highest BCUT2D eigenvalue weighted by Gasteiger charge is 2.12. The van der Waals surface area contributed by atoms with E-state index in [2.05, 4.69) is 31.9 Å². The number of anilines is 1. The Hall–Kier alpha value is -2.45. The zero-order valence-corrected chi connectivity index (χ0v) is 18.2. The van der Waals surface area contributed by atoms with Gasteiger partial charge in [-0.15, -0.1) is 0 Å². The molecule has 0 heterocycles. The van der Waals surface area contributed by atoms with E-state index in [4.69, 9.17) is 17.0 Å². The van der Waals surface area contributed by atoms with Crippen molar-refractivity contribution in [2.24, 2.45) is 0 Å². The van der Waals surface area contributed by atoms with Crippen molar-refractivity contribution in [1.29, 1.82) is 0 Å². The van der Waals surface area contributed by atoms with Gasteiger partial charge in [-0.2, -0.15) is 0 Å². The highest BCUT2D eigenvalue weighted by atomic mass is 79.9. The zero-order chi connectivity index (χ0) is 20.7. The van der Waals surface area contributed by atoms with Crippen molar-refractivity contribution < 1.29 is 14.3 Å². The molecule has 3 N–H and O–H groups in total. The quantitative estimate of drug-likeness (QED) is 0.561. The Morgan fingerprint density at radius 2 is 1.71 bits per heavy atom. The molecule has 28 heavy (non-hydrogen) atoms. The van der Waals surface area contributed by atoms with E-state index in [-0.39, 0.29) is 23.0 Å². The number of hydrogen-bond donors (Lipinski definition) is 3. The van der Waals surface area contributed by atoms with Gasteiger partial charge in [0.15, 0.2) is 5.11 Å². The van der Waals surface area contributed by atoms with Crippen LogP contribution in [0.15, 0.2) is 46.9 Å². The minimum Gasteiger partial charge on any atom is -0.490 e. The molecule has 2 rings (SSSR count). The first kappa shape index (κ1) is 21.8. The SMILES string of the molecule is CCNC(=O)c1ccc(NC(=S)NC(=O)c2ccc(OC(C)C)c(Br)c2)cc1. The molecule has 0 aliphatic carbocycles. The fraction of sp³-hybridized carbons (Fsp3) is 0.250. The van der Waals surface area contributed by atoms with Gasteiger partial charge in [0.2, 0.25) is 0 Å². The molecular formula is C20H22BrN3O3S. The molecule has 0 spiro atoms. The summed E-state index contributed by atoms with van der Waals surface area (Å²) in [6.07, 6.45) is 0.0344. The first-order valence-electron chi connectivity index (χ1n) is 8.77. The fourth-order valence-electron chi connectivity index (χ4n) is 2.30. The number of nitrogens with one attached hydrogen (secondary N) is 3. The van der Waals surface area contributed by atoms with Crippen molar-refractivity contribution in [3.05, 3.63) is 58.1 Å². The smallest absolute Gasteiger partial charge is 0.257 e. The van der Waals surface area contributed by atoms with Gasteiger partial charge < -0.3 is 15.4 Å². The second-order valence-electron chi connectivity index (χ2n) is 6.16. The molecule has 0 saturated heterocycles. The van der Waals surface area contributed by atoms with Crippen LogP contribution < -0.4 is 20.7 Å². The Labute approximate surface area is 178 Å². The number of thiocarbonyl (C=S) groups is 1. The van der Waals surface area contributed by atoms with Gasteiger partial charge in [-0.25, -0.2) is 0 Å². The summed E-state index contributed by atoms with van der Waals surface area (Å²) < 4.78 is 6.32. The summed E-state index contributed by atoms with van der Waals surface area (Å²) in [6, 6.07) is 11.9. The lowest BCUT2D eigenvalue weighted by molar-refractivity contribution is 0.0953. The Morgan fingerprint density at radius 1 is 1.07 bits per heavy atom. The third kappa shape index (κ3) is 6.31. The van der Waals surface area contributed by atoms with Crippen molar-refractivity contribution in [3.63, 3.8) is 0 Å². The number of carbonyl (C=O) groups excluding carboxylic acids is 2. The average molecular weight is 464 g/mol. The monoisotopic (exact) mass is 463 g/mol. The molecule has 0 aromatic heterocycles. The molecule has 0 unspecified atom stereocenters. The topological polar surface area (TPSA) is 79.5 Å². The Balaban J connectivity index is 1.96. The van der Waals surface area contributed by atoms with E-state index in [1.807, 2.05) is 20.8 Å². The van der Waals surface area contributed by atoms with Crippen LogP contribution in [0.25, 0.3) is 0 Å². The van der Waals surface area contributed by atoms with Gasteiger partial charge in [-0.3, -0.25) is 14.9 Å². The van der Waals surface area contributed by atoms with Crippen LogP contribution in [0.5, 0.6) is 5.75 Å². The maximum absolute atomic E-state index is 12.4. The maximum Gasteiger partial charge on any atom is 0.257 e. The first-order chi connectivity index (χ1) is 13.3. The summed E-state index contributed by atoms with van der Waals surface area (Å²) in [5.74, 6) is 0.188. The van der Waals surface area contributed by atoms with Crippen LogP contribution in [0.3, 0.4) is 0 Å². The Morgan fingerprint density at radius 3 is 2.29 bits per heavy atom. The van der Waals surface area contributed by atoms with Crippen molar-refractivity contribution in [2.75, 3.05) is 11.9 Å². The van der Waals surface area contributed by atoms with Crippen LogP contribution in [0, 0.1) is 0 Å². The number of ether oxygens (including phenoxy) is 1. The molecule has 0 atom stereocenters. The fourth-order valence-corrected chi connectivity index (χ4v) is 2.98. The van der Waals surface area contributed by atoms with Gasteiger partial charge in [0.05, 0.1) is 10.6 Å². The number of hydrogen-bond acceptors (Lipinski definition) is 4. The number of rotatable bonds is 6. The van der Waals surface area contributed by atoms with Crippen LogP contribution in [0.1, 0.15) is 41.5 Å². The molecule has 8 heteroatoms. The van der Waals surface area contributed by atoms with E-state index >= 15 is 0 Å². The van der Waals surface area contributed by atoms with Gasteiger partial charge in [0.25, 0.3) is 11.8 Å². The van der Waals surface area contributed by atoms with Crippen LogP contribution >= 0.6 is 28.1 Å². The van der Waals surface area contributed by atoms with Gasteiger partial charge >= 0.3 is 0 Å². The standard InChI is InChI=1S/C20H22BrN3O3S/c1-4-22-18(25)13-5-8-15(9-6-13)23-20(28)24-19(26)14-7-10-17(16(21)11-14)27-12(2)3/h5-12H,4H2,1-3H3,(H,22,25)(H2,23,24,26,28). The summed E-state index contributed by atoms with van der Waals surface area (Å²) in [5.41, 5.74) is 1.66. The van der Waals surface area contributed by atoms with E-state index in [0.717, 1.165) is 0 Å². The third-order valence-corrected chi connectivity index (χ3v) is 4.35. The van der Waals surface area contributed by atoms with E-state index in [0.29, 0.717) is 33.6 Å². The van der Waals surface area contributed by atoms with E-state index in [1.165, 1.54) is 0 Å². The van der Waals surface area contributed by atoms with Crippen molar-refractivity contribution >= 4 is 50.8 Å². The molecule has 0 fully saturated rings. The highest BCUT2D eigenvalue weighted by Crippen LogP contribution is 2.27. The van der Waals surface area contributed by atoms with Crippen molar-refractivity contribution in [1.82, 2.24) is 10.6 Å². The van der Waals surface area contributed by atoms with Crippen molar-refractivity contribution in [3.8, 4) is 5.75 Å². The number of carbonyl (C=O) groups is 2. The Kier molecular flexibility index (Phi) is 7.95. The molecule has 2 aromatic carbocycles. The number of amides is 2. The molecule has 0 saturated carbocycles. The molecule has 0 radical (unpaired) electrons. The lowest BCUT2D eigenvalue weighted by Gasteiger charge is -2.13. The summed E-state index contributed by atoms with van der Waals surface area (Å²) >= 11 is 8.60. The molecule has 6 nitrogen and oxygen atoms in total. The predicted octanol–water partition coefficient (Wildman–Crippen LogP) is 4.11. The molecule has 0 aliphatic rings. The Bertz CT molecular complexity index is 869. The predicted molar refractivity (Wildman–Crippen MR) is 118 cm³/mol. The highest BCUT2D eigenvalue weighted by molar-refractivity contribution is 9.10. The third-order valence-electron chi connectivity index (χ3n) is 3.53. The first-order valence-corrected chi connectivity index (χ1v) is 9.97. The average Bonchev–Trinajstić information content (AvgIpc) is 2.63. The molecule has 2 aromatic rings. The lowest BCUT2D eigenvalue weighted by Crippen LogP contribution is -2.34. The maximum atomic E-state index is 12.4. The summed E-state index contributed by atoms with van der Waals surface area (Å²) in [4.78, 5) is 24.2. The van der Waals surface area contributed by atoms with E-state index < -0.39 is 0 Å². The number of halogens is 1. The van der Waals surface area contributed by atoms with Gasteiger partial charge in [0.1, 0.15) is 5.75 Å². The van der Waals surface area contributed by atoms with Crippen LogP contribution in [-0.2, 0) is 0 Å². The molecule has 148 valence electrons. The molecular weight excluding hydrogens is 442 g/mol. The van der Waals surface area contributed by atoms with Crippen LogP contribution in [-0.4, -0.2) is 29.6 Å². The lowest BCUT2D eigenvalue weighted by atomic mass is 10.2. The molecule has 0 bridgehead atoms. The molecule has 2 amide bonds. The minimum atomic E-state index is -0.340. The zero-order valence-electron chi connectivity index (χ0n) is 15.8. The molecule has 0 aliphatic heterocycles. The van der Waals surface area contributed by atoms with Gasteiger partial charge in [-0.05, 0) is 91.4 Å². The number of benzene rings is 2. The van der Waals surface area contributed by atoms with Crippen LogP contribution in [0.2, 0.25) is 0 Å².